The molecule has 2 fully saturated rings. The number of ether oxygens (including phenoxy) is 1. The van der Waals surface area contributed by atoms with Crippen LogP contribution in [-0.4, -0.2) is 76.2 Å². The molecule has 0 radical (unpaired) electrons. The molecule has 2 saturated heterocycles. The Bertz CT molecular complexity index is 1350. The van der Waals surface area contributed by atoms with E-state index in [1.54, 1.807) is 33.7 Å². The molecule has 0 spiro atoms. The van der Waals surface area contributed by atoms with Gasteiger partial charge in [-0.25, -0.2) is 23.4 Å². The molecule has 12 heteroatoms. The number of hydrogen-bond donors (Lipinski definition) is 2. The second-order valence-electron chi connectivity index (χ2n) is 9.79. The number of fused-ring (bicyclic) bond motifs is 1. The van der Waals surface area contributed by atoms with Gasteiger partial charge in [0.15, 0.2) is 17.3 Å². The zero-order chi connectivity index (χ0) is 27.9. The normalized spacial score (nSPS) is 18.5. The number of nitrogens with one attached hydrogen (secondary N) is 1. The van der Waals surface area contributed by atoms with Gasteiger partial charge >= 0.3 is 11.7 Å². The van der Waals surface area contributed by atoms with Crippen molar-refractivity contribution in [3.63, 3.8) is 0 Å². The van der Waals surface area contributed by atoms with E-state index in [1.165, 1.54) is 6.07 Å². The maximum atomic E-state index is 13.9. The lowest BCUT2D eigenvalue weighted by molar-refractivity contribution is -0.131. The van der Waals surface area contributed by atoms with Gasteiger partial charge in [-0.1, -0.05) is 12.1 Å². The zero-order valence-electron chi connectivity index (χ0n) is 21.9. The molecule has 0 aliphatic carbocycles. The number of nitrogens with two attached hydrogens (primary N) is 1. The van der Waals surface area contributed by atoms with Gasteiger partial charge in [0.25, 0.3) is 0 Å². The fourth-order valence-electron chi connectivity index (χ4n) is 5.29. The number of amides is 3. The van der Waals surface area contributed by atoms with Crippen molar-refractivity contribution in [3.05, 3.63) is 64.2 Å². The number of H-pyrrole nitrogens is 1. The van der Waals surface area contributed by atoms with Crippen LogP contribution in [0.5, 0.6) is 0 Å². The summed E-state index contributed by atoms with van der Waals surface area (Å²) in [7, 11) is 1.58. The van der Waals surface area contributed by atoms with Crippen LogP contribution in [0, 0.1) is 11.6 Å². The number of likely N-dealkylation sites (tertiary alicyclic amines) is 2. The van der Waals surface area contributed by atoms with Crippen molar-refractivity contribution in [2.45, 2.75) is 44.1 Å². The number of hydrogen-bond acceptors (Lipinski definition) is 5. The number of methoxy groups -OCH3 is 1. The molecule has 5 rings (SSSR count). The van der Waals surface area contributed by atoms with Gasteiger partial charge in [-0.15, -0.1) is 0 Å². The molecule has 1 aromatic carbocycles. The van der Waals surface area contributed by atoms with Crippen molar-refractivity contribution in [2.24, 2.45) is 5.73 Å². The Morgan fingerprint density at radius 1 is 1.15 bits per heavy atom. The maximum Gasteiger partial charge on any atom is 0.327 e. The molecule has 3 aromatic rings. The van der Waals surface area contributed by atoms with Crippen molar-refractivity contribution < 1.29 is 23.1 Å². The number of pyridine rings is 1. The highest BCUT2D eigenvalue weighted by Crippen LogP contribution is 2.29. The molecule has 2 aromatic heterocycles. The summed E-state index contributed by atoms with van der Waals surface area (Å²) in [5, 5.41) is 0. The Labute approximate surface area is 224 Å². The minimum absolute atomic E-state index is 0.0568. The van der Waals surface area contributed by atoms with Gasteiger partial charge in [0.2, 0.25) is 5.91 Å². The SMILES string of the molecule is COCCN1CC(c2cccc(F)c2F)CCCC1=O.NC(=O)N1CCC(n2c(=O)[nH]c3ncccc32)CC1. The van der Waals surface area contributed by atoms with Gasteiger partial charge in [0, 0.05) is 57.9 Å². The fraction of sp³-hybridized carbons (Fsp3) is 0.481. The fourth-order valence-corrected chi connectivity index (χ4v) is 5.29. The van der Waals surface area contributed by atoms with E-state index in [9.17, 15) is 23.2 Å². The smallest absolute Gasteiger partial charge is 0.327 e. The molecule has 39 heavy (non-hydrogen) atoms. The third-order valence-corrected chi connectivity index (χ3v) is 7.35. The number of carbonyl (C=O) groups excluding carboxylic acids is 2. The molecule has 0 saturated carbocycles. The first-order valence-electron chi connectivity index (χ1n) is 13.1. The van der Waals surface area contributed by atoms with Crippen LogP contribution in [-0.2, 0) is 9.53 Å². The first kappa shape index (κ1) is 28.2. The van der Waals surface area contributed by atoms with Crippen molar-refractivity contribution in [3.8, 4) is 0 Å². The van der Waals surface area contributed by atoms with Gasteiger partial charge in [0.05, 0.1) is 12.1 Å². The number of halogens is 2. The topological polar surface area (TPSA) is 127 Å². The van der Waals surface area contributed by atoms with E-state index >= 15 is 0 Å². The largest absolute Gasteiger partial charge is 0.383 e. The van der Waals surface area contributed by atoms with Crippen molar-refractivity contribution in [1.82, 2.24) is 24.3 Å². The molecule has 210 valence electrons. The molecule has 10 nitrogen and oxygen atoms in total. The van der Waals surface area contributed by atoms with Crippen LogP contribution in [0.4, 0.5) is 13.6 Å². The molecular weight excluding hydrogens is 510 g/mol. The summed E-state index contributed by atoms with van der Waals surface area (Å²) in [5.41, 5.74) is 6.88. The van der Waals surface area contributed by atoms with Crippen molar-refractivity contribution in [2.75, 3.05) is 39.9 Å². The molecule has 0 bridgehead atoms. The molecule has 2 aliphatic rings. The Hall–Kier alpha value is -3.80. The molecule has 2 aliphatic heterocycles. The van der Waals surface area contributed by atoms with Crippen LogP contribution in [0.25, 0.3) is 11.2 Å². The summed E-state index contributed by atoms with van der Waals surface area (Å²) in [6.45, 7) is 2.52. The van der Waals surface area contributed by atoms with Gasteiger partial charge in [-0.05, 0) is 49.4 Å². The lowest BCUT2D eigenvalue weighted by Crippen LogP contribution is -2.43. The summed E-state index contributed by atoms with van der Waals surface area (Å²) < 4.78 is 34.0. The highest BCUT2D eigenvalue weighted by Gasteiger charge is 2.27. The van der Waals surface area contributed by atoms with Crippen LogP contribution in [0.15, 0.2) is 41.3 Å². The second kappa shape index (κ2) is 12.8. The monoisotopic (exact) mass is 544 g/mol. The average molecular weight is 545 g/mol. The average Bonchev–Trinajstić information content (AvgIpc) is 3.16. The van der Waals surface area contributed by atoms with E-state index in [-0.39, 0.29) is 23.6 Å². The summed E-state index contributed by atoms with van der Waals surface area (Å²) in [6.07, 6.45) is 4.95. The Morgan fingerprint density at radius 2 is 1.92 bits per heavy atom. The molecule has 4 heterocycles. The van der Waals surface area contributed by atoms with Crippen LogP contribution in [0.1, 0.15) is 49.6 Å². The number of benzene rings is 1. The molecule has 1 unspecified atom stereocenters. The Morgan fingerprint density at radius 3 is 2.64 bits per heavy atom. The molecule has 1 atom stereocenters. The van der Waals surface area contributed by atoms with E-state index in [2.05, 4.69) is 9.97 Å². The van der Waals surface area contributed by atoms with Crippen molar-refractivity contribution in [1.29, 1.82) is 0 Å². The Kier molecular flexibility index (Phi) is 9.28. The zero-order valence-corrected chi connectivity index (χ0v) is 21.9. The number of aromatic nitrogens is 3. The van der Waals surface area contributed by atoms with Gasteiger partial charge in [-0.3, -0.25) is 14.3 Å². The number of imidazole rings is 1. The van der Waals surface area contributed by atoms with Crippen LogP contribution in [0.3, 0.4) is 0 Å². The summed E-state index contributed by atoms with van der Waals surface area (Å²) in [4.78, 5) is 45.2. The highest BCUT2D eigenvalue weighted by atomic mass is 19.2. The third-order valence-electron chi connectivity index (χ3n) is 7.35. The lowest BCUT2D eigenvalue weighted by Gasteiger charge is -2.31. The second-order valence-corrected chi connectivity index (χ2v) is 9.79. The number of rotatable bonds is 5. The third kappa shape index (κ3) is 6.62. The summed E-state index contributed by atoms with van der Waals surface area (Å²) >= 11 is 0. The van der Waals surface area contributed by atoms with E-state index < -0.39 is 17.7 Å². The van der Waals surface area contributed by atoms with E-state index in [0.29, 0.717) is 63.3 Å². The van der Waals surface area contributed by atoms with E-state index in [0.717, 1.165) is 24.4 Å². The predicted octanol–water partition coefficient (Wildman–Crippen LogP) is 3.15. The standard InChI is InChI=1S/C15H19F2NO2.C12H15N5O2/c1-20-9-8-18-10-11(4-2-7-14(18)19)12-5-3-6-13(16)15(12)17;13-11(18)16-6-3-8(4-7-16)17-9-2-1-5-14-10(9)15-12(17)19/h3,5-6,11H,2,4,7-10H2,1H3;1-2,5,8H,3-4,6-7H2,(H2,13,18)(H,14,15,19). The number of aromatic amines is 1. The van der Waals surface area contributed by atoms with Gasteiger partial charge in [-0.2, -0.15) is 0 Å². The van der Waals surface area contributed by atoms with Crippen LogP contribution >= 0.6 is 0 Å². The van der Waals surface area contributed by atoms with Gasteiger partial charge < -0.3 is 20.3 Å². The minimum atomic E-state index is -0.832. The lowest BCUT2D eigenvalue weighted by atomic mass is 9.93. The number of piperidine rings is 1. The first-order chi connectivity index (χ1) is 18.8. The van der Waals surface area contributed by atoms with Crippen molar-refractivity contribution >= 4 is 23.1 Å². The van der Waals surface area contributed by atoms with E-state index in [1.807, 2.05) is 12.1 Å². The molecule has 3 amide bonds. The highest BCUT2D eigenvalue weighted by molar-refractivity contribution is 5.76. The number of carbonyl (C=O) groups is 2. The predicted molar refractivity (Wildman–Crippen MR) is 141 cm³/mol. The molecule has 3 N–H and O–H groups in total. The van der Waals surface area contributed by atoms with E-state index in [4.69, 9.17) is 10.5 Å². The molecular formula is C27H34F2N6O4. The number of urea groups is 1. The van der Waals surface area contributed by atoms with Crippen LogP contribution in [0.2, 0.25) is 0 Å². The minimum Gasteiger partial charge on any atom is -0.383 e. The summed E-state index contributed by atoms with van der Waals surface area (Å²) in [5.74, 6) is -1.73. The first-order valence-corrected chi connectivity index (χ1v) is 13.1. The van der Waals surface area contributed by atoms with Crippen LogP contribution < -0.4 is 11.4 Å². The number of nitrogens with zero attached hydrogens (tertiary/aromatic N) is 4. The summed E-state index contributed by atoms with van der Waals surface area (Å²) in [6, 6.07) is 7.61. The van der Waals surface area contributed by atoms with Gasteiger partial charge in [0.1, 0.15) is 0 Å². The quantitative estimate of drug-likeness (QED) is 0.510. The Balaban J connectivity index is 0.000000181. The maximum absolute atomic E-state index is 13.9. The number of primary amides is 1.